The summed E-state index contributed by atoms with van der Waals surface area (Å²) in [5, 5.41) is 12.7. The van der Waals surface area contributed by atoms with E-state index in [4.69, 9.17) is 4.74 Å². The molecule has 8 nitrogen and oxygen atoms in total. The minimum Gasteiger partial charge on any atom is -0.445 e. The normalized spacial score (nSPS) is 16.7. The van der Waals surface area contributed by atoms with Crippen LogP contribution in [-0.2, 0) is 11.3 Å². The second kappa shape index (κ2) is 7.75. The van der Waals surface area contributed by atoms with Crippen LogP contribution in [0.25, 0.3) is 0 Å². The van der Waals surface area contributed by atoms with Crippen molar-refractivity contribution in [3.63, 3.8) is 0 Å². The first-order valence-corrected chi connectivity index (χ1v) is 8.66. The number of fused-ring (bicyclic) bond motifs is 1. The average Bonchev–Trinajstić information content (AvgIpc) is 3.16. The predicted molar refractivity (Wildman–Crippen MR) is 96.8 cm³/mol. The molecule has 2 atom stereocenters. The maximum absolute atomic E-state index is 13.0. The molecule has 1 aliphatic heterocycles. The highest BCUT2D eigenvalue weighted by Gasteiger charge is 2.36. The summed E-state index contributed by atoms with van der Waals surface area (Å²) in [6, 6.07) is 4.98. The van der Waals surface area contributed by atoms with Crippen LogP contribution in [0.2, 0.25) is 0 Å². The summed E-state index contributed by atoms with van der Waals surface area (Å²) >= 11 is 0. The van der Waals surface area contributed by atoms with E-state index in [1.165, 1.54) is 24.3 Å². The van der Waals surface area contributed by atoms with Gasteiger partial charge in [0, 0.05) is 17.7 Å². The molecule has 0 fully saturated rings. The molecule has 0 saturated heterocycles. The second-order valence-electron chi connectivity index (χ2n) is 6.48. The first kappa shape index (κ1) is 18.8. The predicted octanol–water partition coefficient (Wildman–Crippen LogP) is 2.42. The third kappa shape index (κ3) is 3.92. The SMILES string of the molecule is CNCC(C)OC(=O)N1Cc2c(NC(=O)c3ccc(F)cc3)n[nH]c2C1C. The van der Waals surface area contributed by atoms with Gasteiger partial charge in [-0.15, -0.1) is 0 Å². The van der Waals surface area contributed by atoms with Crippen molar-refractivity contribution in [1.29, 1.82) is 0 Å². The van der Waals surface area contributed by atoms with Crippen molar-refractivity contribution in [3.05, 3.63) is 46.9 Å². The lowest BCUT2D eigenvalue weighted by molar-refractivity contribution is 0.0614. The fourth-order valence-corrected chi connectivity index (χ4v) is 3.02. The molecular weight excluding hydrogens is 353 g/mol. The highest BCUT2D eigenvalue weighted by Crippen LogP contribution is 2.36. The van der Waals surface area contributed by atoms with E-state index in [0.29, 0.717) is 17.9 Å². The number of anilines is 1. The van der Waals surface area contributed by atoms with Gasteiger partial charge in [0.2, 0.25) is 0 Å². The molecule has 2 aromatic rings. The molecule has 2 heterocycles. The molecule has 2 unspecified atom stereocenters. The highest BCUT2D eigenvalue weighted by molar-refractivity contribution is 6.04. The number of carbonyl (C=O) groups is 2. The van der Waals surface area contributed by atoms with Crippen molar-refractivity contribution in [3.8, 4) is 0 Å². The minimum atomic E-state index is -0.425. The Bertz CT molecular complexity index is 836. The number of hydrogen-bond donors (Lipinski definition) is 3. The van der Waals surface area contributed by atoms with Crippen molar-refractivity contribution in [1.82, 2.24) is 20.4 Å². The first-order chi connectivity index (χ1) is 12.9. The van der Waals surface area contributed by atoms with Gasteiger partial charge in [0.05, 0.1) is 18.3 Å². The van der Waals surface area contributed by atoms with E-state index in [9.17, 15) is 14.0 Å². The van der Waals surface area contributed by atoms with Crippen LogP contribution in [0.4, 0.5) is 15.0 Å². The van der Waals surface area contributed by atoms with Crippen molar-refractivity contribution in [2.45, 2.75) is 32.5 Å². The van der Waals surface area contributed by atoms with Crippen LogP contribution in [0.15, 0.2) is 24.3 Å². The van der Waals surface area contributed by atoms with E-state index < -0.39 is 17.8 Å². The van der Waals surface area contributed by atoms with E-state index in [-0.39, 0.29) is 18.7 Å². The molecule has 1 aliphatic rings. The largest absolute Gasteiger partial charge is 0.445 e. The van der Waals surface area contributed by atoms with Gasteiger partial charge in [0.15, 0.2) is 5.82 Å². The van der Waals surface area contributed by atoms with Gasteiger partial charge in [-0.2, -0.15) is 5.10 Å². The van der Waals surface area contributed by atoms with Gasteiger partial charge in [-0.05, 0) is 45.2 Å². The Hall–Kier alpha value is -2.94. The number of H-pyrrole nitrogens is 1. The second-order valence-corrected chi connectivity index (χ2v) is 6.48. The molecule has 3 rings (SSSR count). The molecule has 0 bridgehead atoms. The molecule has 0 radical (unpaired) electrons. The van der Waals surface area contributed by atoms with E-state index in [1.807, 2.05) is 13.8 Å². The van der Waals surface area contributed by atoms with Gasteiger partial charge in [-0.3, -0.25) is 14.8 Å². The average molecular weight is 375 g/mol. The maximum Gasteiger partial charge on any atom is 0.410 e. The Balaban J connectivity index is 1.70. The van der Waals surface area contributed by atoms with Gasteiger partial charge in [-0.25, -0.2) is 9.18 Å². The molecule has 3 N–H and O–H groups in total. The van der Waals surface area contributed by atoms with Gasteiger partial charge in [0.1, 0.15) is 11.9 Å². The summed E-state index contributed by atoms with van der Waals surface area (Å²) in [7, 11) is 1.79. The summed E-state index contributed by atoms with van der Waals surface area (Å²) in [4.78, 5) is 26.3. The van der Waals surface area contributed by atoms with Crippen molar-refractivity contribution < 1.29 is 18.7 Å². The zero-order valence-electron chi connectivity index (χ0n) is 15.4. The number of halogens is 1. The molecule has 1 aromatic carbocycles. The van der Waals surface area contributed by atoms with Gasteiger partial charge >= 0.3 is 6.09 Å². The summed E-state index contributed by atoms with van der Waals surface area (Å²) in [5.41, 5.74) is 1.80. The number of carbonyl (C=O) groups excluding carboxylic acids is 2. The number of rotatable bonds is 5. The number of aromatic nitrogens is 2. The summed E-state index contributed by atoms with van der Waals surface area (Å²) in [6.45, 7) is 4.50. The van der Waals surface area contributed by atoms with Crippen molar-refractivity contribution in [2.24, 2.45) is 0 Å². The molecule has 2 amide bonds. The summed E-state index contributed by atoms with van der Waals surface area (Å²) in [5.74, 6) is -0.465. The number of aromatic amines is 1. The van der Waals surface area contributed by atoms with Crippen LogP contribution in [0.5, 0.6) is 0 Å². The molecular formula is C18H22FN5O3. The van der Waals surface area contributed by atoms with Crippen LogP contribution in [-0.4, -0.2) is 46.8 Å². The highest BCUT2D eigenvalue weighted by atomic mass is 19.1. The zero-order chi connectivity index (χ0) is 19.6. The Morgan fingerprint density at radius 3 is 2.78 bits per heavy atom. The molecule has 0 spiro atoms. The lowest BCUT2D eigenvalue weighted by Gasteiger charge is -2.23. The van der Waals surface area contributed by atoms with E-state index in [0.717, 1.165) is 11.3 Å². The van der Waals surface area contributed by atoms with Gasteiger partial charge < -0.3 is 15.4 Å². The third-order valence-electron chi connectivity index (χ3n) is 4.48. The summed E-state index contributed by atoms with van der Waals surface area (Å²) in [6.07, 6.45) is -0.685. The number of hydrogen-bond acceptors (Lipinski definition) is 5. The molecule has 9 heteroatoms. The van der Waals surface area contributed by atoms with Crippen LogP contribution in [0, 0.1) is 5.82 Å². The Morgan fingerprint density at radius 1 is 1.41 bits per heavy atom. The molecule has 144 valence electrons. The maximum atomic E-state index is 13.0. The van der Waals surface area contributed by atoms with Gasteiger partial charge in [0.25, 0.3) is 5.91 Å². The fourth-order valence-electron chi connectivity index (χ4n) is 3.02. The van der Waals surface area contributed by atoms with Gasteiger partial charge in [-0.1, -0.05) is 0 Å². The number of ether oxygens (including phenoxy) is 1. The molecule has 1 aromatic heterocycles. The van der Waals surface area contributed by atoms with Crippen LogP contribution < -0.4 is 10.6 Å². The standard InChI is InChI=1S/C18H22FN5O3/c1-10(8-20-3)27-18(26)24-9-14-15(11(24)2)22-23-16(14)21-17(25)12-4-6-13(19)7-5-12/h4-7,10-11,20H,8-9H2,1-3H3,(H2,21,22,23,25). The van der Waals surface area contributed by atoms with Crippen molar-refractivity contribution in [2.75, 3.05) is 18.9 Å². The van der Waals surface area contributed by atoms with E-state index in [2.05, 4.69) is 20.8 Å². The minimum absolute atomic E-state index is 0.252. The third-order valence-corrected chi connectivity index (χ3v) is 4.48. The monoisotopic (exact) mass is 375 g/mol. The Kier molecular flexibility index (Phi) is 5.41. The lowest BCUT2D eigenvalue weighted by atomic mass is 10.2. The summed E-state index contributed by atoms with van der Waals surface area (Å²) < 4.78 is 18.4. The zero-order valence-corrected chi connectivity index (χ0v) is 15.4. The van der Waals surface area contributed by atoms with Crippen LogP contribution >= 0.6 is 0 Å². The van der Waals surface area contributed by atoms with E-state index in [1.54, 1.807) is 11.9 Å². The van der Waals surface area contributed by atoms with Crippen LogP contribution in [0.3, 0.4) is 0 Å². The molecule has 27 heavy (non-hydrogen) atoms. The lowest BCUT2D eigenvalue weighted by Crippen LogP contribution is -2.34. The topological polar surface area (TPSA) is 99.3 Å². The quantitative estimate of drug-likeness (QED) is 0.745. The number of nitrogens with zero attached hydrogens (tertiary/aromatic N) is 2. The number of likely N-dealkylation sites (N-methyl/N-ethyl adjacent to an activating group) is 1. The molecule has 0 saturated carbocycles. The Labute approximate surface area is 156 Å². The number of benzene rings is 1. The Morgan fingerprint density at radius 2 is 2.11 bits per heavy atom. The van der Waals surface area contributed by atoms with Crippen LogP contribution in [0.1, 0.15) is 41.5 Å². The first-order valence-electron chi connectivity index (χ1n) is 8.66. The van der Waals surface area contributed by atoms with Crippen molar-refractivity contribution >= 4 is 17.8 Å². The number of amides is 2. The fraction of sp³-hybridized carbons (Fsp3) is 0.389. The smallest absolute Gasteiger partial charge is 0.410 e. The molecule has 0 aliphatic carbocycles. The van der Waals surface area contributed by atoms with E-state index >= 15 is 0 Å². The number of nitrogens with one attached hydrogen (secondary N) is 3.